The van der Waals surface area contributed by atoms with Crippen LogP contribution in [0.1, 0.15) is 54.2 Å². The highest BCUT2D eigenvalue weighted by Crippen LogP contribution is 2.33. The Hall–Kier alpha value is -5.03. The molecular weight excluding hydrogens is 613 g/mol. The van der Waals surface area contributed by atoms with Gasteiger partial charge in [0.2, 0.25) is 11.8 Å². The van der Waals surface area contributed by atoms with Crippen LogP contribution in [0, 0.1) is 19.3 Å². The summed E-state index contributed by atoms with van der Waals surface area (Å²) in [6.07, 6.45) is 4.17. The standard InChI is InChI=1S/C36H38N6O4S/c1-23-10-8-11-24(2)33(23)31-17-32-40-35(39-31)41-47(44,45)29-14-9-13-25(16-29)34(43)42(28(22-46-32)18-36(3,4)5)21-26-12-6-7-15-30(26)27-19-37-38-20-27/h6-17,19-20,28H,18,21-22H2,1-5H3,(H,37,38)(H,39,40,41)/t28-/m1/s1. The lowest BCUT2D eigenvalue weighted by Crippen LogP contribution is -2.45. The minimum Gasteiger partial charge on any atom is -0.475 e. The van der Waals surface area contributed by atoms with Gasteiger partial charge in [0.05, 0.1) is 22.8 Å². The molecule has 0 fully saturated rings. The van der Waals surface area contributed by atoms with Gasteiger partial charge in [0, 0.05) is 35.5 Å². The van der Waals surface area contributed by atoms with Gasteiger partial charge in [0.25, 0.3) is 15.9 Å². The zero-order chi connectivity index (χ0) is 33.3. The summed E-state index contributed by atoms with van der Waals surface area (Å²) in [5, 5.41) is 7.00. The van der Waals surface area contributed by atoms with E-state index in [0.29, 0.717) is 12.1 Å². The number of rotatable bonds is 5. The molecule has 2 aromatic heterocycles. The molecule has 3 aromatic carbocycles. The van der Waals surface area contributed by atoms with E-state index in [1.54, 1.807) is 29.3 Å². The second-order valence-corrected chi connectivity index (χ2v) is 14.8. The van der Waals surface area contributed by atoms with Crippen molar-refractivity contribution < 1.29 is 17.9 Å². The monoisotopic (exact) mass is 650 g/mol. The predicted octanol–water partition coefficient (Wildman–Crippen LogP) is 6.79. The number of aryl methyl sites for hydroxylation is 2. The van der Waals surface area contributed by atoms with E-state index in [0.717, 1.165) is 33.4 Å². The maximum absolute atomic E-state index is 14.5. The molecule has 3 heterocycles. The zero-order valence-corrected chi connectivity index (χ0v) is 27.9. The number of nitrogens with zero attached hydrogens (tertiary/aromatic N) is 4. The van der Waals surface area contributed by atoms with Gasteiger partial charge in [-0.25, -0.2) is 18.1 Å². The van der Waals surface area contributed by atoms with Crippen LogP contribution in [-0.2, 0) is 16.6 Å². The first kappa shape index (κ1) is 31.9. The maximum atomic E-state index is 14.5. The highest BCUT2D eigenvalue weighted by atomic mass is 32.2. The maximum Gasteiger partial charge on any atom is 0.264 e. The quantitative estimate of drug-likeness (QED) is 0.214. The Bertz CT molecular complexity index is 2020. The van der Waals surface area contributed by atoms with Crippen molar-refractivity contribution in [2.75, 3.05) is 11.3 Å². The number of amides is 1. The lowest BCUT2D eigenvalue weighted by atomic mass is 9.87. The van der Waals surface area contributed by atoms with Gasteiger partial charge in [-0.1, -0.05) is 69.3 Å². The van der Waals surface area contributed by atoms with E-state index < -0.39 is 16.1 Å². The number of fused-ring (bicyclic) bond motifs is 4. The van der Waals surface area contributed by atoms with Gasteiger partial charge in [-0.2, -0.15) is 10.1 Å². The summed E-state index contributed by atoms with van der Waals surface area (Å²) in [4.78, 5) is 25.3. The second kappa shape index (κ2) is 12.6. The molecule has 1 atom stereocenters. The van der Waals surface area contributed by atoms with Crippen LogP contribution in [0.2, 0.25) is 0 Å². The van der Waals surface area contributed by atoms with Crippen LogP contribution < -0.4 is 9.46 Å². The minimum absolute atomic E-state index is 0.0720. The van der Waals surface area contributed by atoms with Crippen LogP contribution in [0.4, 0.5) is 5.95 Å². The van der Waals surface area contributed by atoms with Crippen molar-refractivity contribution in [1.29, 1.82) is 0 Å². The number of anilines is 1. The van der Waals surface area contributed by atoms with Gasteiger partial charge in [0.1, 0.15) is 6.61 Å². The van der Waals surface area contributed by atoms with Gasteiger partial charge in [-0.3, -0.25) is 9.89 Å². The van der Waals surface area contributed by atoms with Crippen molar-refractivity contribution in [2.45, 2.75) is 58.5 Å². The number of hydrogen-bond acceptors (Lipinski definition) is 7. The topological polar surface area (TPSA) is 130 Å². The van der Waals surface area contributed by atoms with Crippen LogP contribution >= 0.6 is 0 Å². The molecule has 242 valence electrons. The molecule has 2 N–H and O–H groups in total. The number of aromatic nitrogens is 4. The van der Waals surface area contributed by atoms with Crippen molar-refractivity contribution in [3.63, 3.8) is 0 Å². The van der Waals surface area contributed by atoms with Gasteiger partial charge in [-0.15, -0.1) is 0 Å². The summed E-state index contributed by atoms with van der Waals surface area (Å²) in [6, 6.07) is 21.2. The first-order chi connectivity index (χ1) is 22.4. The lowest BCUT2D eigenvalue weighted by Gasteiger charge is -2.36. The number of carbonyl (C=O) groups is 1. The number of benzene rings is 3. The molecule has 1 aliphatic heterocycles. The Morgan fingerprint density at radius 2 is 1.68 bits per heavy atom. The van der Waals surface area contributed by atoms with Crippen molar-refractivity contribution in [1.82, 2.24) is 25.1 Å². The molecule has 0 spiro atoms. The van der Waals surface area contributed by atoms with E-state index in [1.165, 1.54) is 12.1 Å². The van der Waals surface area contributed by atoms with Crippen LogP contribution in [0.5, 0.6) is 5.88 Å². The van der Waals surface area contributed by atoms with E-state index >= 15 is 0 Å². The molecule has 47 heavy (non-hydrogen) atoms. The molecule has 0 aliphatic carbocycles. The molecule has 0 saturated heterocycles. The SMILES string of the molecule is Cc1cccc(C)c1-c1cc2nc(n1)NS(=O)(=O)c1cccc(c1)C(=O)N(Cc1ccccc1-c1cn[nH]c1)[C@H](CC(C)(C)C)CO2. The summed E-state index contributed by atoms with van der Waals surface area (Å²) in [7, 11) is -4.17. The summed E-state index contributed by atoms with van der Waals surface area (Å²) < 4.78 is 36.3. The third kappa shape index (κ3) is 7.05. The number of aromatic amines is 1. The normalized spacial score (nSPS) is 16.3. The third-order valence-corrected chi connectivity index (χ3v) is 9.52. The molecule has 0 unspecified atom stereocenters. The number of nitrogens with one attached hydrogen (secondary N) is 2. The van der Waals surface area contributed by atoms with E-state index in [1.807, 2.05) is 62.5 Å². The van der Waals surface area contributed by atoms with Gasteiger partial charge >= 0.3 is 0 Å². The lowest BCUT2D eigenvalue weighted by molar-refractivity contribution is 0.0513. The predicted molar refractivity (Wildman–Crippen MR) is 181 cm³/mol. The van der Waals surface area contributed by atoms with Crippen molar-refractivity contribution >= 4 is 21.9 Å². The highest BCUT2D eigenvalue weighted by molar-refractivity contribution is 7.92. The molecule has 0 saturated carbocycles. The molecule has 5 aromatic rings. The summed E-state index contributed by atoms with van der Waals surface area (Å²) in [5.41, 5.74) is 6.17. The van der Waals surface area contributed by atoms with Gasteiger partial charge in [-0.05, 0) is 66.1 Å². The Morgan fingerprint density at radius 3 is 2.40 bits per heavy atom. The average molecular weight is 651 g/mol. The minimum atomic E-state index is -4.17. The number of sulfonamides is 1. The highest BCUT2D eigenvalue weighted by Gasteiger charge is 2.32. The molecule has 1 aliphatic rings. The first-order valence-corrected chi connectivity index (χ1v) is 17.0. The fourth-order valence-corrected chi connectivity index (χ4v) is 7.06. The summed E-state index contributed by atoms with van der Waals surface area (Å²) >= 11 is 0. The Kier molecular flexibility index (Phi) is 8.59. The van der Waals surface area contributed by atoms with Crippen LogP contribution in [0.3, 0.4) is 0 Å². The largest absolute Gasteiger partial charge is 0.475 e. The second-order valence-electron chi connectivity index (χ2n) is 13.1. The Balaban J connectivity index is 1.51. The molecule has 0 radical (unpaired) electrons. The smallest absolute Gasteiger partial charge is 0.264 e. The fourth-order valence-electron chi connectivity index (χ4n) is 6.07. The van der Waals surface area contributed by atoms with E-state index in [4.69, 9.17) is 4.74 Å². The van der Waals surface area contributed by atoms with E-state index in [-0.39, 0.29) is 46.8 Å². The molecule has 11 heteroatoms. The van der Waals surface area contributed by atoms with Crippen LogP contribution in [0.25, 0.3) is 22.4 Å². The molecule has 1 amide bonds. The average Bonchev–Trinajstić information content (AvgIpc) is 3.56. The summed E-state index contributed by atoms with van der Waals surface area (Å²) in [6.45, 7) is 10.7. The third-order valence-electron chi connectivity index (χ3n) is 8.20. The van der Waals surface area contributed by atoms with Crippen LogP contribution in [-0.4, -0.2) is 52.0 Å². The zero-order valence-electron chi connectivity index (χ0n) is 27.1. The molecule has 10 nitrogen and oxygen atoms in total. The van der Waals surface area contributed by atoms with Crippen molar-refractivity contribution in [3.05, 3.63) is 107 Å². The number of H-pyrrole nitrogens is 1. The van der Waals surface area contributed by atoms with Crippen LogP contribution in [0.15, 0.2) is 90.1 Å². The fraction of sp³-hybridized carbons (Fsp3) is 0.278. The van der Waals surface area contributed by atoms with E-state index in [9.17, 15) is 13.2 Å². The molecule has 6 rings (SSSR count). The molecular formula is C36H38N6O4S. The van der Waals surface area contributed by atoms with Gasteiger partial charge in [0.15, 0.2) is 0 Å². The molecule has 4 bridgehead atoms. The summed E-state index contributed by atoms with van der Waals surface area (Å²) in [5.74, 6) is -0.226. The first-order valence-electron chi connectivity index (χ1n) is 15.5. The van der Waals surface area contributed by atoms with Crippen molar-refractivity contribution in [3.8, 4) is 28.3 Å². The number of carbonyl (C=O) groups excluding carboxylic acids is 1. The number of ether oxygens (including phenoxy) is 1. The van der Waals surface area contributed by atoms with E-state index in [2.05, 4.69) is 45.7 Å². The Morgan fingerprint density at radius 1 is 0.936 bits per heavy atom. The number of hydrogen-bond donors (Lipinski definition) is 2. The van der Waals surface area contributed by atoms with Crippen molar-refractivity contribution in [2.24, 2.45) is 5.41 Å². The van der Waals surface area contributed by atoms with Gasteiger partial charge < -0.3 is 9.64 Å². The Labute approximate surface area is 275 Å².